The molecule has 1 heterocycles. The van der Waals surface area contributed by atoms with Gasteiger partial charge in [0.2, 0.25) is 0 Å². The molecule has 0 saturated carbocycles. The largest absolute Gasteiger partial charge is 0.481 e. The molecule has 0 aliphatic heterocycles. The van der Waals surface area contributed by atoms with E-state index in [1.165, 1.54) is 17.0 Å². The van der Waals surface area contributed by atoms with E-state index < -0.39 is 34.7 Å². The van der Waals surface area contributed by atoms with Crippen molar-refractivity contribution in [1.29, 1.82) is 0 Å². The molecule has 0 aliphatic carbocycles. The van der Waals surface area contributed by atoms with Gasteiger partial charge in [-0.2, -0.15) is 0 Å². The monoisotopic (exact) mass is 328 g/mol. The summed E-state index contributed by atoms with van der Waals surface area (Å²) in [6.45, 7) is 5.06. The molecule has 2 N–H and O–H groups in total. The maximum absolute atomic E-state index is 11.9. The van der Waals surface area contributed by atoms with Gasteiger partial charge in [-0.1, -0.05) is 4.98 Å². The van der Waals surface area contributed by atoms with Gasteiger partial charge in [-0.25, -0.2) is 9.36 Å². The number of rotatable bonds is 7. The highest BCUT2D eigenvalue weighted by molar-refractivity contribution is 5.68. The zero-order chi connectivity index (χ0) is 17.6. The minimum atomic E-state index is -0.985. The maximum Gasteiger partial charge on any atom is 0.436 e. The highest BCUT2D eigenvalue weighted by Crippen LogP contribution is 2.20. The highest BCUT2D eigenvalue weighted by Gasteiger charge is 2.26. The van der Waals surface area contributed by atoms with Crippen molar-refractivity contribution >= 4 is 18.0 Å². The standard InChI is InChI=1S/C13H20N4O6/c1-13(2,3)23-12(20)15-9(5-4-6-10(18)19)16-8-7-14-11(16)17(21)22/h7-9H,4-6H2,1-3H3,(H,15,20)(H,18,19). The Balaban J connectivity index is 2.88. The van der Waals surface area contributed by atoms with Crippen LogP contribution in [0.15, 0.2) is 12.4 Å². The average molecular weight is 328 g/mol. The number of nitro groups is 1. The number of carbonyl (C=O) groups excluding carboxylic acids is 1. The van der Waals surface area contributed by atoms with Gasteiger partial charge in [-0.05, 0) is 32.1 Å². The average Bonchev–Trinajstić information content (AvgIpc) is 2.83. The van der Waals surface area contributed by atoms with Gasteiger partial charge in [-0.15, -0.1) is 0 Å². The summed E-state index contributed by atoms with van der Waals surface area (Å²) in [5.74, 6) is -1.43. The van der Waals surface area contributed by atoms with Crippen LogP contribution >= 0.6 is 0 Å². The molecule has 0 aromatic carbocycles. The van der Waals surface area contributed by atoms with Gasteiger partial charge in [0.05, 0.1) is 0 Å². The lowest BCUT2D eigenvalue weighted by Crippen LogP contribution is -2.37. The number of aliphatic carboxylic acids is 1. The van der Waals surface area contributed by atoms with Crippen LogP contribution in [0.1, 0.15) is 46.2 Å². The molecule has 23 heavy (non-hydrogen) atoms. The van der Waals surface area contributed by atoms with Crippen molar-refractivity contribution in [2.24, 2.45) is 0 Å². The number of hydrogen-bond acceptors (Lipinski definition) is 6. The Morgan fingerprint density at radius 3 is 2.70 bits per heavy atom. The number of aromatic nitrogens is 2. The predicted octanol–water partition coefficient (Wildman–Crippen LogP) is 2.07. The van der Waals surface area contributed by atoms with E-state index in [4.69, 9.17) is 9.84 Å². The number of alkyl carbamates (subject to hydrolysis) is 1. The summed E-state index contributed by atoms with van der Waals surface area (Å²) in [5, 5.41) is 22.2. The smallest absolute Gasteiger partial charge is 0.436 e. The summed E-state index contributed by atoms with van der Waals surface area (Å²) in [5.41, 5.74) is -0.726. The lowest BCUT2D eigenvalue weighted by atomic mass is 10.2. The van der Waals surface area contributed by atoms with E-state index in [1.807, 2.05) is 0 Å². The van der Waals surface area contributed by atoms with E-state index in [1.54, 1.807) is 20.8 Å². The Hall–Kier alpha value is -2.65. The second kappa shape index (κ2) is 7.56. The molecule has 1 aromatic heterocycles. The third-order valence-electron chi connectivity index (χ3n) is 2.70. The van der Waals surface area contributed by atoms with Crippen LogP contribution in [0.2, 0.25) is 0 Å². The SMILES string of the molecule is CC(C)(C)OC(=O)NC(CCCC(=O)O)n1ccnc1[N+](=O)[O-]. The topological polar surface area (TPSA) is 137 Å². The van der Waals surface area contributed by atoms with Crippen molar-refractivity contribution in [3.63, 3.8) is 0 Å². The maximum atomic E-state index is 11.9. The van der Waals surface area contributed by atoms with Crippen molar-refractivity contribution < 1.29 is 24.4 Å². The summed E-state index contributed by atoms with van der Waals surface area (Å²) < 4.78 is 6.30. The number of hydrogen-bond donors (Lipinski definition) is 2. The van der Waals surface area contributed by atoms with Gasteiger partial charge in [0.1, 0.15) is 18.0 Å². The molecule has 0 aliphatic rings. The second-order valence-corrected chi connectivity index (χ2v) is 5.84. The zero-order valence-corrected chi connectivity index (χ0v) is 13.2. The number of amides is 1. The van der Waals surface area contributed by atoms with Crippen molar-refractivity contribution in [2.45, 2.75) is 51.8 Å². The van der Waals surface area contributed by atoms with Gasteiger partial charge in [0, 0.05) is 12.8 Å². The molecule has 1 atom stereocenters. The molecular weight excluding hydrogens is 308 g/mol. The van der Waals surface area contributed by atoms with Crippen LogP contribution in [0.4, 0.5) is 10.7 Å². The van der Waals surface area contributed by atoms with Gasteiger partial charge >= 0.3 is 18.0 Å². The van der Waals surface area contributed by atoms with Gasteiger partial charge in [-0.3, -0.25) is 10.1 Å². The van der Waals surface area contributed by atoms with E-state index >= 15 is 0 Å². The molecule has 0 saturated heterocycles. The number of carboxylic acid groups (broad SMARTS) is 1. The van der Waals surface area contributed by atoms with Crippen LogP contribution < -0.4 is 5.32 Å². The first-order valence-corrected chi connectivity index (χ1v) is 6.98. The van der Waals surface area contributed by atoms with Gasteiger partial charge in [0.25, 0.3) is 0 Å². The number of carboxylic acids is 1. The molecule has 1 rings (SSSR count). The first-order valence-electron chi connectivity index (χ1n) is 6.98. The van der Waals surface area contributed by atoms with E-state index in [-0.39, 0.29) is 19.3 Å². The summed E-state index contributed by atoms with van der Waals surface area (Å²) in [7, 11) is 0. The van der Waals surface area contributed by atoms with Gasteiger partial charge < -0.3 is 20.0 Å². The second-order valence-electron chi connectivity index (χ2n) is 5.84. The van der Waals surface area contributed by atoms with Crippen LogP contribution in [-0.4, -0.2) is 37.2 Å². The predicted molar refractivity (Wildman–Crippen MR) is 78.8 cm³/mol. The first-order chi connectivity index (χ1) is 10.6. The summed E-state index contributed by atoms with van der Waals surface area (Å²) >= 11 is 0. The molecule has 0 radical (unpaired) electrons. The molecular formula is C13H20N4O6. The Morgan fingerprint density at radius 1 is 1.52 bits per heavy atom. The number of carbonyl (C=O) groups is 2. The van der Waals surface area contributed by atoms with Crippen LogP contribution in [-0.2, 0) is 9.53 Å². The van der Waals surface area contributed by atoms with Crippen LogP contribution in [0.25, 0.3) is 0 Å². The summed E-state index contributed by atoms with van der Waals surface area (Å²) in [4.78, 5) is 36.4. The third-order valence-corrected chi connectivity index (χ3v) is 2.70. The van der Waals surface area contributed by atoms with E-state index in [9.17, 15) is 19.7 Å². The summed E-state index contributed by atoms with van der Waals surface area (Å²) in [6, 6.07) is 0. The lowest BCUT2D eigenvalue weighted by molar-refractivity contribution is -0.397. The van der Waals surface area contributed by atoms with Crippen molar-refractivity contribution in [1.82, 2.24) is 14.9 Å². The van der Waals surface area contributed by atoms with Crippen LogP contribution in [0, 0.1) is 10.1 Å². The lowest BCUT2D eigenvalue weighted by Gasteiger charge is -2.23. The molecule has 128 valence electrons. The minimum Gasteiger partial charge on any atom is -0.481 e. The van der Waals surface area contributed by atoms with Crippen molar-refractivity contribution in [3.8, 4) is 0 Å². The fraction of sp³-hybridized carbons (Fsp3) is 0.615. The highest BCUT2D eigenvalue weighted by atomic mass is 16.6. The minimum absolute atomic E-state index is 0.116. The molecule has 0 bridgehead atoms. The van der Waals surface area contributed by atoms with Crippen molar-refractivity contribution in [2.75, 3.05) is 0 Å². The van der Waals surface area contributed by atoms with Crippen LogP contribution in [0.3, 0.4) is 0 Å². The third kappa shape index (κ3) is 6.32. The fourth-order valence-electron chi connectivity index (χ4n) is 1.86. The molecule has 0 fully saturated rings. The number of ether oxygens (including phenoxy) is 1. The molecule has 10 nitrogen and oxygen atoms in total. The normalized spacial score (nSPS) is 12.5. The van der Waals surface area contributed by atoms with E-state index in [0.717, 1.165) is 0 Å². The number of nitrogens with zero attached hydrogens (tertiary/aromatic N) is 3. The Kier molecular flexibility index (Phi) is 6.05. The quantitative estimate of drug-likeness (QED) is 0.577. The zero-order valence-electron chi connectivity index (χ0n) is 13.2. The Morgan fingerprint density at radius 2 is 2.17 bits per heavy atom. The fourth-order valence-corrected chi connectivity index (χ4v) is 1.86. The molecule has 0 spiro atoms. The first kappa shape index (κ1) is 18.4. The van der Waals surface area contributed by atoms with E-state index in [2.05, 4.69) is 10.3 Å². The summed E-state index contributed by atoms with van der Waals surface area (Å²) in [6.07, 6.45) is 1.30. The Bertz CT molecular complexity index is 577. The molecule has 1 unspecified atom stereocenters. The van der Waals surface area contributed by atoms with E-state index in [0.29, 0.717) is 0 Å². The number of nitrogens with one attached hydrogen (secondary N) is 1. The van der Waals surface area contributed by atoms with Gasteiger partial charge in [0.15, 0.2) is 6.17 Å². The van der Waals surface area contributed by atoms with Crippen LogP contribution in [0.5, 0.6) is 0 Å². The molecule has 10 heteroatoms. The Labute approximate surface area is 132 Å². The van der Waals surface area contributed by atoms with Crippen molar-refractivity contribution in [3.05, 3.63) is 22.5 Å². The molecule has 1 amide bonds. The number of imidazole rings is 1. The molecule has 1 aromatic rings.